The minimum atomic E-state index is -0.364. The molecular formula is C18H35IN4O3. The predicted octanol–water partition coefficient (Wildman–Crippen LogP) is 2.15. The molecule has 152 valence electrons. The SMILES string of the molecule is CCNC(=NCC1(C(=O)N(C)C)CCCC1)NCCCC(=O)OCC.I. The van der Waals surface area contributed by atoms with Gasteiger partial charge in [0.25, 0.3) is 0 Å². The molecule has 0 bridgehead atoms. The third-order valence-corrected chi connectivity index (χ3v) is 4.46. The molecule has 1 amide bonds. The maximum atomic E-state index is 12.6. The second-order valence-corrected chi connectivity index (χ2v) is 6.72. The molecule has 1 saturated carbocycles. The summed E-state index contributed by atoms with van der Waals surface area (Å²) in [6, 6.07) is 0. The van der Waals surface area contributed by atoms with Gasteiger partial charge in [-0.25, -0.2) is 0 Å². The first-order valence-corrected chi connectivity index (χ1v) is 9.34. The Bertz CT molecular complexity index is 463. The van der Waals surface area contributed by atoms with Crippen LogP contribution in [0.4, 0.5) is 0 Å². The Morgan fingerprint density at radius 3 is 2.35 bits per heavy atom. The van der Waals surface area contributed by atoms with E-state index in [1.54, 1.807) is 11.8 Å². The van der Waals surface area contributed by atoms with Crippen molar-refractivity contribution in [2.75, 3.05) is 40.3 Å². The highest BCUT2D eigenvalue weighted by molar-refractivity contribution is 14.0. The van der Waals surface area contributed by atoms with Crippen molar-refractivity contribution in [2.45, 2.75) is 52.4 Å². The number of nitrogens with one attached hydrogen (secondary N) is 2. The second kappa shape index (κ2) is 13.2. The normalized spacial score (nSPS) is 15.8. The van der Waals surface area contributed by atoms with Crippen LogP contribution >= 0.6 is 24.0 Å². The molecule has 1 aliphatic rings. The molecule has 8 heteroatoms. The molecule has 0 aromatic carbocycles. The molecule has 0 saturated heterocycles. The number of rotatable bonds is 9. The van der Waals surface area contributed by atoms with Gasteiger partial charge in [0.05, 0.1) is 18.6 Å². The Hall–Kier alpha value is -1.06. The van der Waals surface area contributed by atoms with Gasteiger partial charge in [-0.3, -0.25) is 14.6 Å². The lowest BCUT2D eigenvalue weighted by atomic mass is 9.85. The fraction of sp³-hybridized carbons (Fsp3) is 0.833. The minimum absolute atomic E-state index is 0. The average Bonchev–Trinajstić information content (AvgIpc) is 3.06. The van der Waals surface area contributed by atoms with E-state index in [0.717, 1.165) is 32.2 Å². The Kier molecular flexibility index (Phi) is 12.6. The lowest BCUT2D eigenvalue weighted by molar-refractivity contribution is -0.143. The molecule has 0 unspecified atom stereocenters. The first kappa shape index (κ1) is 24.9. The van der Waals surface area contributed by atoms with Crippen LogP contribution in [0.3, 0.4) is 0 Å². The molecule has 0 spiro atoms. The number of esters is 1. The van der Waals surface area contributed by atoms with E-state index < -0.39 is 0 Å². The number of ether oxygens (including phenoxy) is 1. The molecule has 0 aliphatic heterocycles. The monoisotopic (exact) mass is 482 g/mol. The minimum Gasteiger partial charge on any atom is -0.466 e. The van der Waals surface area contributed by atoms with Gasteiger partial charge in [-0.05, 0) is 33.1 Å². The van der Waals surface area contributed by atoms with E-state index in [-0.39, 0.29) is 41.3 Å². The summed E-state index contributed by atoms with van der Waals surface area (Å²) in [6.07, 6.45) is 5.04. The van der Waals surface area contributed by atoms with Crippen LogP contribution < -0.4 is 10.6 Å². The molecule has 0 atom stereocenters. The summed E-state index contributed by atoms with van der Waals surface area (Å²) in [7, 11) is 3.62. The average molecular weight is 482 g/mol. The van der Waals surface area contributed by atoms with Crippen molar-refractivity contribution in [3.63, 3.8) is 0 Å². The van der Waals surface area contributed by atoms with Crippen LogP contribution in [0, 0.1) is 5.41 Å². The van der Waals surface area contributed by atoms with Crippen LogP contribution in [-0.2, 0) is 14.3 Å². The molecule has 0 aromatic heterocycles. The summed E-state index contributed by atoms with van der Waals surface area (Å²) in [5.74, 6) is 0.698. The smallest absolute Gasteiger partial charge is 0.305 e. The number of halogens is 1. The summed E-state index contributed by atoms with van der Waals surface area (Å²) in [5.41, 5.74) is -0.364. The summed E-state index contributed by atoms with van der Waals surface area (Å²) in [5, 5.41) is 6.44. The predicted molar refractivity (Wildman–Crippen MR) is 115 cm³/mol. The fourth-order valence-corrected chi connectivity index (χ4v) is 3.21. The molecule has 0 heterocycles. The number of nitrogens with zero attached hydrogens (tertiary/aromatic N) is 2. The number of carbonyl (C=O) groups is 2. The van der Waals surface area contributed by atoms with E-state index >= 15 is 0 Å². The number of amides is 1. The topological polar surface area (TPSA) is 83.0 Å². The number of carbonyl (C=O) groups excluding carboxylic acids is 2. The van der Waals surface area contributed by atoms with Crippen LogP contribution in [0.5, 0.6) is 0 Å². The third kappa shape index (κ3) is 8.09. The molecule has 26 heavy (non-hydrogen) atoms. The second-order valence-electron chi connectivity index (χ2n) is 6.72. The number of hydrogen-bond acceptors (Lipinski definition) is 4. The van der Waals surface area contributed by atoms with Gasteiger partial charge >= 0.3 is 5.97 Å². The highest BCUT2D eigenvalue weighted by Crippen LogP contribution is 2.39. The highest BCUT2D eigenvalue weighted by Gasteiger charge is 2.41. The zero-order chi connectivity index (χ0) is 18.7. The molecule has 1 rings (SSSR count). The highest BCUT2D eigenvalue weighted by atomic mass is 127. The van der Waals surface area contributed by atoms with Crippen LogP contribution in [0.15, 0.2) is 4.99 Å². The lowest BCUT2D eigenvalue weighted by Gasteiger charge is -2.29. The van der Waals surface area contributed by atoms with E-state index in [0.29, 0.717) is 38.5 Å². The summed E-state index contributed by atoms with van der Waals surface area (Å²) in [4.78, 5) is 30.3. The largest absolute Gasteiger partial charge is 0.466 e. The first-order valence-electron chi connectivity index (χ1n) is 9.34. The van der Waals surface area contributed by atoms with Gasteiger partial charge in [-0.2, -0.15) is 0 Å². The Balaban J connectivity index is 0.00000625. The standard InChI is InChI=1S/C18H34N4O3.HI/c1-5-19-17(20-13-9-10-15(23)25-6-2)21-14-18(11-7-8-12-18)16(24)22(3)4;/h5-14H2,1-4H3,(H2,19,20,21);1H. The van der Waals surface area contributed by atoms with E-state index in [1.807, 2.05) is 21.0 Å². The van der Waals surface area contributed by atoms with Gasteiger partial charge in [0.15, 0.2) is 5.96 Å². The van der Waals surface area contributed by atoms with Crippen LogP contribution in [0.25, 0.3) is 0 Å². The maximum Gasteiger partial charge on any atom is 0.305 e. The van der Waals surface area contributed by atoms with E-state index in [9.17, 15) is 9.59 Å². The molecule has 0 aromatic rings. The van der Waals surface area contributed by atoms with Crippen molar-refractivity contribution < 1.29 is 14.3 Å². The summed E-state index contributed by atoms with van der Waals surface area (Å²) < 4.78 is 4.92. The quantitative estimate of drug-likeness (QED) is 0.173. The number of guanidine groups is 1. The van der Waals surface area contributed by atoms with Gasteiger partial charge in [-0.15, -0.1) is 24.0 Å². The van der Waals surface area contributed by atoms with Crippen molar-refractivity contribution in [1.29, 1.82) is 0 Å². The van der Waals surface area contributed by atoms with E-state index in [2.05, 4.69) is 15.6 Å². The zero-order valence-corrected chi connectivity index (χ0v) is 18.9. The third-order valence-electron chi connectivity index (χ3n) is 4.46. The van der Waals surface area contributed by atoms with Crippen molar-refractivity contribution in [1.82, 2.24) is 15.5 Å². The lowest BCUT2D eigenvalue weighted by Crippen LogP contribution is -2.43. The number of hydrogen-bond donors (Lipinski definition) is 2. The Labute approximate surface area is 174 Å². The Morgan fingerprint density at radius 2 is 1.81 bits per heavy atom. The first-order chi connectivity index (χ1) is 11.9. The van der Waals surface area contributed by atoms with Crippen LogP contribution in [0.1, 0.15) is 52.4 Å². The van der Waals surface area contributed by atoms with Crippen molar-refractivity contribution in [2.24, 2.45) is 10.4 Å². The maximum absolute atomic E-state index is 12.6. The molecule has 2 N–H and O–H groups in total. The van der Waals surface area contributed by atoms with Gasteiger partial charge in [0.2, 0.25) is 5.91 Å². The van der Waals surface area contributed by atoms with Gasteiger partial charge < -0.3 is 20.3 Å². The molecule has 7 nitrogen and oxygen atoms in total. The fourth-order valence-electron chi connectivity index (χ4n) is 3.21. The van der Waals surface area contributed by atoms with Crippen molar-refractivity contribution in [3.05, 3.63) is 0 Å². The van der Waals surface area contributed by atoms with Crippen molar-refractivity contribution >= 4 is 41.8 Å². The number of aliphatic imine (C=N–C) groups is 1. The van der Waals surface area contributed by atoms with Crippen molar-refractivity contribution in [3.8, 4) is 0 Å². The molecule has 1 aliphatic carbocycles. The van der Waals surface area contributed by atoms with E-state index in [4.69, 9.17) is 4.74 Å². The van der Waals surface area contributed by atoms with Gasteiger partial charge in [0.1, 0.15) is 0 Å². The molecule has 0 radical (unpaired) electrons. The summed E-state index contributed by atoms with van der Waals surface area (Å²) >= 11 is 0. The Morgan fingerprint density at radius 1 is 1.15 bits per heavy atom. The van der Waals surface area contributed by atoms with Crippen LogP contribution in [-0.4, -0.2) is 63.1 Å². The van der Waals surface area contributed by atoms with Gasteiger partial charge in [0, 0.05) is 33.6 Å². The van der Waals surface area contributed by atoms with Crippen LogP contribution in [0.2, 0.25) is 0 Å². The van der Waals surface area contributed by atoms with Gasteiger partial charge in [-0.1, -0.05) is 12.8 Å². The molecule has 1 fully saturated rings. The van der Waals surface area contributed by atoms with E-state index in [1.165, 1.54) is 0 Å². The zero-order valence-electron chi connectivity index (χ0n) is 16.6. The molecular weight excluding hydrogens is 447 g/mol. The summed E-state index contributed by atoms with van der Waals surface area (Å²) in [6.45, 7) is 6.11.